The average Bonchev–Trinajstić information content (AvgIpc) is 0. The summed E-state index contributed by atoms with van der Waals surface area (Å²) in [5.41, 5.74) is 0. The van der Waals surface area contributed by atoms with Gasteiger partial charge in [-0.1, -0.05) is 0 Å². The number of halogens is 2. The van der Waals surface area contributed by atoms with Gasteiger partial charge in [-0.05, 0) is 0 Å². The van der Waals surface area contributed by atoms with E-state index in [1.165, 1.54) is 0 Å². The Morgan fingerprint density at radius 1 is 1.00 bits per heavy atom. The first kappa shape index (κ1) is 66.4. The van der Waals surface area contributed by atoms with Gasteiger partial charge < -0.3 is 10.4 Å². The molecule has 0 saturated heterocycles. The zero-order valence-electron chi connectivity index (χ0n) is 6.23. The van der Waals surface area contributed by atoms with Crippen molar-refractivity contribution in [1.82, 2.24) is 6.15 Å². The van der Waals surface area contributed by atoms with Crippen LogP contribution in [-0.2, 0) is 0 Å². The van der Waals surface area contributed by atoms with Crippen molar-refractivity contribution in [3.8, 4) is 0 Å². The van der Waals surface area contributed by atoms with Gasteiger partial charge in [-0.2, -0.15) is 0 Å². The third-order valence-electron chi connectivity index (χ3n) is 0. The Kier molecular flexibility index (Phi) is 520. The second-order valence-corrected chi connectivity index (χ2v) is 0. The van der Waals surface area contributed by atoms with Crippen molar-refractivity contribution in [2.75, 3.05) is 0 Å². The summed E-state index contributed by atoms with van der Waals surface area (Å²) in [6, 6.07) is 0. The zero-order valence-corrected chi connectivity index (χ0v) is 6.28. The molecule has 0 aliphatic carbocycles. The summed E-state index contributed by atoms with van der Waals surface area (Å²) in [5.74, 6) is 0. The summed E-state index contributed by atoms with van der Waals surface area (Å²) in [6.07, 6.45) is 0. The molecule has 0 aromatic rings. The molecule has 0 aromatic carbocycles. The topological polar surface area (TPSA) is 35.0 Å². The standard InChI is InChI=1S/2ClH.Li.Mg.H3N.3H/h2*1H;;;1H3;;;/q;;+1;+2;;3*-1. The Labute approximate surface area is 76.8 Å². The van der Waals surface area contributed by atoms with Gasteiger partial charge in [0.25, 0.3) is 0 Å². The van der Waals surface area contributed by atoms with Crippen molar-refractivity contribution in [1.29, 1.82) is 0 Å². The molecule has 1 nitrogen and oxygen atoms in total. The third kappa shape index (κ3) is 24.8. The van der Waals surface area contributed by atoms with E-state index >= 15 is 0 Å². The minimum absolute atomic E-state index is 0. The van der Waals surface area contributed by atoms with Crippen molar-refractivity contribution in [2.45, 2.75) is 0 Å². The van der Waals surface area contributed by atoms with Crippen molar-refractivity contribution in [2.24, 2.45) is 0 Å². The maximum absolute atomic E-state index is 0. The van der Waals surface area contributed by atoms with Crippen LogP contribution in [0.15, 0.2) is 0 Å². The molecule has 0 unspecified atom stereocenters. The van der Waals surface area contributed by atoms with E-state index in [9.17, 15) is 0 Å². The molecule has 0 saturated carbocycles. The second kappa shape index (κ2) is 39.2. The van der Waals surface area contributed by atoms with E-state index in [1.54, 1.807) is 0 Å². The van der Waals surface area contributed by atoms with Crippen LogP contribution in [0.4, 0.5) is 0 Å². The summed E-state index contributed by atoms with van der Waals surface area (Å²) < 4.78 is 0. The van der Waals surface area contributed by atoms with Gasteiger partial charge in [-0.25, -0.2) is 0 Å². The van der Waals surface area contributed by atoms with Gasteiger partial charge in [0.1, 0.15) is 0 Å². The smallest absolute Gasteiger partial charge is 1.00 e. The van der Waals surface area contributed by atoms with Gasteiger partial charge in [-0.3, -0.25) is 0 Å². The molecule has 0 radical (unpaired) electrons. The van der Waals surface area contributed by atoms with E-state index in [-0.39, 0.29) is 77.2 Å². The molecule has 3 N–H and O–H groups in total. The zero-order chi connectivity index (χ0) is 0. The van der Waals surface area contributed by atoms with Crippen molar-refractivity contribution >= 4 is 47.9 Å². The fourth-order valence-corrected chi connectivity index (χ4v) is 0. The molecule has 30 valence electrons. The fraction of sp³-hybridized carbons (Fsp3) is 0. The van der Waals surface area contributed by atoms with Crippen molar-refractivity contribution in [3.63, 3.8) is 0 Å². The number of hydrogen-bond acceptors (Lipinski definition) is 1. The van der Waals surface area contributed by atoms with Gasteiger partial charge in [0.05, 0.1) is 0 Å². The minimum Gasteiger partial charge on any atom is -1.00 e. The third-order valence-corrected chi connectivity index (χ3v) is 0. The molecule has 0 amide bonds. The normalized spacial score (nSPS) is 0. The monoisotopic (exact) mass is 123 g/mol. The molecule has 5 heavy (non-hydrogen) atoms. The average molecular weight is 124 g/mol. The maximum atomic E-state index is 0. The van der Waals surface area contributed by atoms with Gasteiger partial charge in [-0.15, -0.1) is 24.8 Å². The van der Waals surface area contributed by atoms with Crippen LogP contribution in [0.3, 0.4) is 0 Å². The van der Waals surface area contributed by atoms with Crippen LogP contribution >= 0.6 is 24.8 Å². The van der Waals surface area contributed by atoms with Gasteiger partial charge in [0.2, 0.25) is 0 Å². The summed E-state index contributed by atoms with van der Waals surface area (Å²) in [6.45, 7) is 0. The minimum atomic E-state index is 0. The van der Waals surface area contributed by atoms with Gasteiger partial charge in [0, 0.05) is 0 Å². The first-order valence-electron chi connectivity index (χ1n) is 0. The summed E-state index contributed by atoms with van der Waals surface area (Å²) in [4.78, 5) is 0. The summed E-state index contributed by atoms with van der Waals surface area (Å²) >= 11 is 0. The number of hydrogen-bond donors (Lipinski definition) is 1. The molecule has 0 fully saturated rings. The Hall–Kier alpha value is 1.90. The van der Waals surface area contributed by atoms with Crippen LogP contribution in [0.25, 0.3) is 0 Å². The SMILES string of the molecule is Cl.Cl.N.[H-].[H-].[H-].[Li+].[Mg+2]. The largest absolute Gasteiger partial charge is 2.00 e. The molecular formula is H8Cl2LiMgN. The van der Waals surface area contributed by atoms with E-state index in [0.717, 1.165) is 0 Å². The van der Waals surface area contributed by atoms with E-state index in [0.29, 0.717) is 0 Å². The molecule has 0 bridgehead atoms. The van der Waals surface area contributed by atoms with Crippen LogP contribution in [0, 0.1) is 0 Å². The molecule has 0 heterocycles. The molecule has 0 atom stereocenters. The quantitative estimate of drug-likeness (QED) is 0.371. The Morgan fingerprint density at radius 2 is 1.00 bits per heavy atom. The van der Waals surface area contributed by atoms with Crippen LogP contribution in [0.2, 0.25) is 0 Å². The fourth-order valence-electron chi connectivity index (χ4n) is 0. The van der Waals surface area contributed by atoms with E-state index in [4.69, 9.17) is 0 Å². The van der Waals surface area contributed by atoms with Crippen LogP contribution in [0.1, 0.15) is 4.28 Å². The van der Waals surface area contributed by atoms with Crippen LogP contribution in [-0.4, -0.2) is 23.1 Å². The van der Waals surface area contributed by atoms with E-state index in [2.05, 4.69) is 0 Å². The first-order valence-corrected chi connectivity index (χ1v) is 0. The van der Waals surface area contributed by atoms with Crippen LogP contribution < -0.4 is 25.0 Å². The predicted octanol–water partition coefficient (Wildman–Crippen LogP) is -2.03. The Morgan fingerprint density at radius 3 is 1.00 bits per heavy atom. The molecule has 0 rings (SSSR count). The Balaban J connectivity index is 0. The van der Waals surface area contributed by atoms with Gasteiger partial charge in [0.15, 0.2) is 0 Å². The van der Waals surface area contributed by atoms with Crippen molar-refractivity contribution < 1.29 is 23.1 Å². The molecule has 0 aliphatic rings. The molecule has 5 heteroatoms. The Bertz CT molecular complexity index is 17.2. The molecule has 0 aliphatic heterocycles. The predicted molar refractivity (Wildman–Crippen MR) is 28.6 cm³/mol. The van der Waals surface area contributed by atoms with Gasteiger partial charge >= 0.3 is 41.9 Å². The molecule has 0 spiro atoms. The second-order valence-electron chi connectivity index (χ2n) is 0. The molecular weight excluding hydrogens is 116 g/mol. The summed E-state index contributed by atoms with van der Waals surface area (Å²) in [7, 11) is 0. The summed E-state index contributed by atoms with van der Waals surface area (Å²) in [5, 5.41) is 0. The first-order chi connectivity index (χ1) is 0. The molecule has 0 aromatic heterocycles. The van der Waals surface area contributed by atoms with Crippen LogP contribution in [0.5, 0.6) is 0 Å². The van der Waals surface area contributed by atoms with E-state index in [1.807, 2.05) is 0 Å². The van der Waals surface area contributed by atoms with Crippen molar-refractivity contribution in [3.05, 3.63) is 0 Å². The number of rotatable bonds is 0. The maximum Gasteiger partial charge on any atom is 2.00 e. The van der Waals surface area contributed by atoms with E-state index < -0.39 is 0 Å².